The molecule has 116 valence electrons. The van der Waals surface area contributed by atoms with Gasteiger partial charge in [-0.1, -0.05) is 26.7 Å². The monoisotopic (exact) mass is 278 g/mol. The summed E-state index contributed by atoms with van der Waals surface area (Å²) in [5.41, 5.74) is 0. The average molecular weight is 278 g/mol. The van der Waals surface area contributed by atoms with Gasteiger partial charge in [-0.2, -0.15) is 0 Å². The molecular weight excluding hydrogens is 244 g/mol. The van der Waals surface area contributed by atoms with Crippen LogP contribution in [0.1, 0.15) is 71.6 Å². The van der Waals surface area contributed by atoms with E-state index in [0.29, 0.717) is 0 Å². The highest BCUT2D eigenvalue weighted by Gasteiger charge is 2.38. The predicted molar refractivity (Wildman–Crippen MR) is 86.0 cm³/mol. The summed E-state index contributed by atoms with van der Waals surface area (Å²) >= 11 is 0. The number of hydrogen-bond acceptors (Lipinski definition) is 2. The minimum Gasteiger partial charge on any atom is -0.298 e. The third-order valence-corrected chi connectivity index (χ3v) is 6.42. The first kappa shape index (κ1) is 14.8. The fourth-order valence-electron chi connectivity index (χ4n) is 4.97. The van der Waals surface area contributed by atoms with Crippen molar-refractivity contribution in [1.82, 2.24) is 9.80 Å². The van der Waals surface area contributed by atoms with E-state index in [1.807, 2.05) is 0 Å². The van der Waals surface area contributed by atoms with Crippen LogP contribution >= 0.6 is 0 Å². The smallest absolute Gasteiger partial charge is 0.0224 e. The summed E-state index contributed by atoms with van der Waals surface area (Å²) in [6.07, 6.45) is 13.0. The molecule has 1 saturated carbocycles. The number of hydrogen-bond donors (Lipinski definition) is 0. The van der Waals surface area contributed by atoms with Crippen molar-refractivity contribution in [2.24, 2.45) is 5.92 Å². The van der Waals surface area contributed by atoms with Crippen LogP contribution in [0.5, 0.6) is 0 Å². The Labute approximate surface area is 125 Å². The quantitative estimate of drug-likeness (QED) is 0.772. The summed E-state index contributed by atoms with van der Waals surface area (Å²) in [5, 5.41) is 0. The molecule has 3 fully saturated rings. The van der Waals surface area contributed by atoms with E-state index in [2.05, 4.69) is 23.6 Å². The Bertz CT molecular complexity index is 296. The van der Waals surface area contributed by atoms with Crippen LogP contribution in [0, 0.1) is 5.92 Å². The van der Waals surface area contributed by atoms with Crippen LogP contribution in [0.3, 0.4) is 0 Å². The molecule has 0 N–H and O–H groups in total. The highest BCUT2D eigenvalue weighted by Crippen LogP contribution is 2.34. The zero-order valence-electron chi connectivity index (χ0n) is 13.7. The molecule has 0 radical (unpaired) electrons. The molecule has 0 amide bonds. The number of nitrogens with zero attached hydrogens (tertiary/aromatic N) is 2. The lowest BCUT2D eigenvalue weighted by Gasteiger charge is -2.52. The van der Waals surface area contributed by atoms with Crippen molar-refractivity contribution in [2.45, 2.75) is 89.8 Å². The van der Waals surface area contributed by atoms with Gasteiger partial charge in [-0.3, -0.25) is 9.80 Å². The topological polar surface area (TPSA) is 6.48 Å². The van der Waals surface area contributed by atoms with Crippen LogP contribution in [-0.2, 0) is 0 Å². The maximum absolute atomic E-state index is 2.94. The van der Waals surface area contributed by atoms with Gasteiger partial charge in [0, 0.05) is 31.2 Å². The van der Waals surface area contributed by atoms with E-state index in [0.717, 1.165) is 24.0 Å². The lowest BCUT2D eigenvalue weighted by Crippen LogP contribution is -2.62. The molecule has 2 atom stereocenters. The first-order valence-corrected chi connectivity index (χ1v) is 9.31. The van der Waals surface area contributed by atoms with Gasteiger partial charge in [0.1, 0.15) is 0 Å². The first-order chi connectivity index (χ1) is 9.81. The molecule has 1 aliphatic carbocycles. The summed E-state index contributed by atoms with van der Waals surface area (Å²) in [5.74, 6) is 1.03. The fraction of sp³-hybridized carbons (Fsp3) is 1.00. The second-order valence-electron chi connectivity index (χ2n) is 7.49. The molecule has 2 nitrogen and oxygen atoms in total. The molecule has 0 spiro atoms. The van der Waals surface area contributed by atoms with E-state index >= 15 is 0 Å². The molecular formula is C18H34N2. The van der Waals surface area contributed by atoms with Crippen molar-refractivity contribution in [3.05, 3.63) is 0 Å². The zero-order valence-corrected chi connectivity index (χ0v) is 13.7. The van der Waals surface area contributed by atoms with E-state index in [1.54, 1.807) is 0 Å². The van der Waals surface area contributed by atoms with Crippen LogP contribution in [0.25, 0.3) is 0 Å². The molecule has 2 aliphatic heterocycles. The second kappa shape index (κ2) is 6.79. The Morgan fingerprint density at radius 1 is 0.800 bits per heavy atom. The maximum Gasteiger partial charge on any atom is 0.0224 e. The van der Waals surface area contributed by atoms with Gasteiger partial charge in [0.15, 0.2) is 0 Å². The van der Waals surface area contributed by atoms with Crippen LogP contribution in [0.2, 0.25) is 0 Å². The largest absolute Gasteiger partial charge is 0.298 e. The van der Waals surface area contributed by atoms with Crippen molar-refractivity contribution in [2.75, 3.05) is 19.6 Å². The molecule has 20 heavy (non-hydrogen) atoms. The number of piperidine rings is 1. The maximum atomic E-state index is 2.94. The number of fused-ring (bicyclic) bond motifs is 1. The van der Waals surface area contributed by atoms with E-state index in [9.17, 15) is 0 Å². The van der Waals surface area contributed by atoms with Crippen molar-refractivity contribution in [1.29, 1.82) is 0 Å². The van der Waals surface area contributed by atoms with Crippen molar-refractivity contribution >= 4 is 0 Å². The average Bonchev–Trinajstić information content (AvgIpc) is 2.53. The number of piperazine rings is 1. The Hall–Kier alpha value is -0.0800. The van der Waals surface area contributed by atoms with Gasteiger partial charge in [0.05, 0.1) is 0 Å². The number of rotatable bonds is 3. The normalized spacial score (nSPS) is 40.5. The van der Waals surface area contributed by atoms with Gasteiger partial charge in [-0.15, -0.1) is 0 Å². The van der Waals surface area contributed by atoms with Gasteiger partial charge < -0.3 is 0 Å². The van der Waals surface area contributed by atoms with E-state index in [1.165, 1.54) is 77.4 Å². The zero-order chi connectivity index (χ0) is 13.9. The van der Waals surface area contributed by atoms with E-state index in [4.69, 9.17) is 0 Å². The lowest BCUT2D eigenvalue weighted by atomic mass is 9.82. The predicted octanol–water partition coefficient (Wildman–Crippen LogP) is 3.90. The Balaban J connectivity index is 1.62. The molecule has 2 heteroatoms. The van der Waals surface area contributed by atoms with Crippen molar-refractivity contribution in [3.63, 3.8) is 0 Å². The van der Waals surface area contributed by atoms with E-state index in [-0.39, 0.29) is 0 Å². The van der Waals surface area contributed by atoms with Gasteiger partial charge >= 0.3 is 0 Å². The molecule has 2 heterocycles. The standard InChI is InChI=1S/C18H34N2/c1-3-15-8-10-17(11-9-15)20-14-18-7-5-6-12-19(18)13-16(20)4-2/h15-18H,3-14H2,1-2H3. The van der Waals surface area contributed by atoms with Crippen molar-refractivity contribution in [3.8, 4) is 0 Å². The molecule has 3 aliphatic rings. The Morgan fingerprint density at radius 2 is 1.60 bits per heavy atom. The minimum absolute atomic E-state index is 0.840. The first-order valence-electron chi connectivity index (χ1n) is 9.31. The molecule has 0 aromatic rings. The molecule has 2 saturated heterocycles. The van der Waals surface area contributed by atoms with Crippen LogP contribution in [0.4, 0.5) is 0 Å². The third kappa shape index (κ3) is 3.06. The van der Waals surface area contributed by atoms with Crippen LogP contribution < -0.4 is 0 Å². The molecule has 0 aromatic carbocycles. The SMILES string of the molecule is CCC1CCC(N2CC3CCCCN3CC2CC)CC1. The highest BCUT2D eigenvalue weighted by molar-refractivity contribution is 4.94. The van der Waals surface area contributed by atoms with Gasteiger partial charge in [-0.25, -0.2) is 0 Å². The fourth-order valence-corrected chi connectivity index (χ4v) is 4.97. The van der Waals surface area contributed by atoms with Gasteiger partial charge in [-0.05, 0) is 57.4 Å². The van der Waals surface area contributed by atoms with E-state index < -0.39 is 0 Å². The van der Waals surface area contributed by atoms with Crippen LogP contribution in [0.15, 0.2) is 0 Å². The molecule has 0 bridgehead atoms. The van der Waals surface area contributed by atoms with Gasteiger partial charge in [0.2, 0.25) is 0 Å². The summed E-state index contributed by atoms with van der Waals surface area (Å²) in [6.45, 7) is 8.88. The summed E-state index contributed by atoms with van der Waals surface area (Å²) < 4.78 is 0. The summed E-state index contributed by atoms with van der Waals surface area (Å²) in [4.78, 5) is 5.75. The molecule has 2 unspecified atom stereocenters. The highest BCUT2D eigenvalue weighted by atomic mass is 15.3. The Kier molecular flexibility index (Phi) is 5.04. The molecule has 0 aromatic heterocycles. The Morgan fingerprint density at radius 3 is 2.30 bits per heavy atom. The summed E-state index contributed by atoms with van der Waals surface area (Å²) in [6, 6.07) is 2.63. The lowest BCUT2D eigenvalue weighted by molar-refractivity contribution is -0.0266. The minimum atomic E-state index is 0.840. The molecule has 3 rings (SSSR count). The third-order valence-electron chi connectivity index (χ3n) is 6.42. The second-order valence-corrected chi connectivity index (χ2v) is 7.49. The van der Waals surface area contributed by atoms with Crippen molar-refractivity contribution < 1.29 is 0 Å². The van der Waals surface area contributed by atoms with Gasteiger partial charge in [0.25, 0.3) is 0 Å². The summed E-state index contributed by atoms with van der Waals surface area (Å²) in [7, 11) is 0. The van der Waals surface area contributed by atoms with Crippen LogP contribution in [-0.4, -0.2) is 47.6 Å².